The summed E-state index contributed by atoms with van der Waals surface area (Å²) < 4.78 is 26.0. The molecule has 1 amide bonds. The summed E-state index contributed by atoms with van der Waals surface area (Å²) in [6, 6.07) is 12.7. The molecule has 0 spiro atoms. The highest BCUT2D eigenvalue weighted by Crippen LogP contribution is 2.36. The van der Waals surface area contributed by atoms with Crippen molar-refractivity contribution >= 4 is 26.8 Å². The number of para-hydroxylation sites is 1. The number of sulfonamides is 1. The van der Waals surface area contributed by atoms with Crippen LogP contribution >= 0.6 is 0 Å². The lowest BCUT2D eigenvalue weighted by atomic mass is 9.97. The third-order valence-electron chi connectivity index (χ3n) is 5.06. The van der Waals surface area contributed by atoms with E-state index in [0.29, 0.717) is 5.69 Å². The molecule has 1 heterocycles. The third-order valence-corrected chi connectivity index (χ3v) is 6.89. The molecule has 3 aromatic rings. The van der Waals surface area contributed by atoms with Gasteiger partial charge in [-0.15, -0.1) is 0 Å². The van der Waals surface area contributed by atoms with E-state index in [0.717, 1.165) is 27.6 Å². The molecule has 0 unspecified atom stereocenters. The van der Waals surface area contributed by atoms with Gasteiger partial charge in [0.2, 0.25) is 10.0 Å². The molecule has 0 saturated carbocycles. The number of hydrogen-bond donors (Lipinski definition) is 2. The molecule has 6 nitrogen and oxygen atoms in total. The lowest BCUT2D eigenvalue weighted by Gasteiger charge is -2.12. The van der Waals surface area contributed by atoms with Crippen LogP contribution in [0.25, 0.3) is 22.0 Å². The second-order valence-corrected chi connectivity index (χ2v) is 10.4. The van der Waals surface area contributed by atoms with Crippen molar-refractivity contribution in [3.63, 3.8) is 0 Å². The van der Waals surface area contributed by atoms with E-state index in [1.54, 1.807) is 24.3 Å². The van der Waals surface area contributed by atoms with E-state index in [1.807, 2.05) is 26.0 Å². The van der Waals surface area contributed by atoms with Crippen LogP contribution in [0.2, 0.25) is 0 Å². The number of nitrogens with one attached hydrogen (secondary N) is 2. The number of aromatic amines is 1. The molecule has 0 aliphatic rings. The van der Waals surface area contributed by atoms with Crippen molar-refractivity contribution in [2.75, 3.05) is 14.1 Å². The zero-order chi connectivity index (χ0) is 22.2. The molecule has 3 rings (SSSR count). The van der Waals surface area contributed by atoms with E-state index in [2.05, 4.69) is 30.2 Å². The van der Waals surface area contributed by atoms with Gasteiger partial charge in [0.1, 0.15) is 5.69 Å². The third kappa shape index (κ3) is 4.00. The SMILES string of the molecule is CC(C)NC(=O)c1[nH]c2c(C(C)C)cccc2c1-c1ccc(S(=O)(=O)N(C)C)cc1. The van der Waals surface area contributed by atoms with Crippen molar-refractivity contribution in [2.45, 2.75) is 44.6 Å². The summed E-state index contributed by atoms with van der Waals surface area (Å²) in [5.41, 5.74) is 4.11. The fourth-order valence-electron chi connectivity index (χ4n) is 3.53. The normalized spacial score (nSPS) is 12.3. The summed E-state index contributed by atoms with van der Waals surface area (Å²) in [7, 11) is -0.510. The number of nitrogens with zero attached hydrogens (tertiary/aromatic N) is 1. The Balaban J connectivity index is 2.23. The Kier molecular flexibility index (Phi) is 6.06. The molecule has 2 N–H and O–H groups in total. The van der Waals surface area contributed by atoms with Crippen molar-refractivity contribution in [3.8, 4) is 11.1 Å². The quantitative estimate of drug-likeness (QED) is 0.614. The van der Waals surface area contributed by atoms with E-state index < -0.39 is 10.0 Å². The van der Waals surface area contributed by atoms with Crippen LogP contribution in [0.3, 0.4) is 0 Å². The highest BCUT2D eigenvalue weighted by Gasteiger charge is 2.23. The molecule has 0 aliphatic heterocycles. The summed E-state index contributed by atoms with van der Waals surface area (Å²) in [5, 5.41) is 3.90. The van der Waals surface area contributed by atoms with Gasteiger partial charge in [0.15, 0.2) is 0 Å². The first kappa shape index (κ1) is 22.1. The largest absolute Gasteiger partial charge is 0.350 e. The first-order valence-corrected chi connectivity index (χ1v) is 11.5. The number of rotatable bonds is 6. The van der Waals surface area contributed by atoms with Crippen LogP contribution in [0.15, 0.2) is 47.4 Å². The topological polar surface area (TPSA) is 82.3 Å². The first-order valence-electron chi connectivity index (χ1n) is 10.0. The van der Waals surface area contributed by atoms with Crippen LogP contribution in [0, 0.1) is 0 Å². The fourth-order valence-corrected chi connectivity index (χ4v) is 4.43. The van der Waals surface area contributed by atoms with E-state index >= 15 is 0 Å². The number of benzene rings is 2. The second kappa shape index (κ2) is 8.24. The highest BCUT2D eigenvalue weighted by molar-refractivity contribution is 7.89. The Bertz CT molecular complexity index is 1170. The average molecular weight is 428 g/mol. The molecule has 7 heteroatoms. The van der Waals surface area contributed by atoms with Gasteiger partial charge in [0.25, 0.3) is 5.91 Å². The van der Waals surface area contributed by atoms with Crippen LogP contribution in [0.4, 0.5) is 0 Å². The first-order chi connectivity index (χ1) is 14.0. The molecule has 160 valence electrons. The number of carbonyl (C=O) groups is 1. The van der Waals surface area contributed by atoms with Gasteiger partial charge in [-0.3, -0.25) is 4.79 Å². The highest BCUT2D eigenvalue weighted by atomic mass is 32.2. The van der Waals surface area contributed by atoms with Gasteiger partial charge < -0.3 is 10.3 Å². The number of H-pyrrole nitrogens is 1. The minimum absolute atomic E-state index is 0.00561. The molecule has 0 aliphatic carbocycles. The van der Waals surface area contributed by atoms with Crippen molar-refractivity contribution in [3.05, 3.63) is 53.7 Å². The number of hydrogen-bond acceptors (Lipinski definition) is 3. The van der Waals surface area contributed by atoms with Crippen molar-refractivity contribution in [1.29, 1.82) is 0 Å². The Labute approximate surface area is 178 Å². The Morgan fingerprint density at radius 2 is 1.63 bits per heavy atom. The molecular formula is C23H29N3O3S. The van der Waals surface area contributed by atoms with Gasteiger partial charge in [0, 0.05) is 31.1 Å². The number of amides is 1. The number of fused-ring (bicyclic) bond motifs is 1. The minimum atomic E-state index is -3.52. The van der Waals surface area contributed by atoms with Gasteiger partial charge in [-0.2, -0.15) is 0 Å². The maximum Gasteiger partial charge on any atom is 0.268 e. The standard InChI is InChI=1S/C23H29N3O3S/c1-14(2)18-8-7-9-19-20(22(25-21(18)19)23(27)24-15(3)4)16-10-12-17(13-11-16)30(28,29)26(5)6/h7-15,25H,1-6H3,(H,24,27). The van der Waals surface area contributed by atoms with E-state index in [1.165, 1.54) is 18.4 Å². The monoisotopic (exact) mass is 427 g/mol. The van der Waals surface area contributed by atoms with Crippen LogP contribution in [-0.4, -0.2) is 43.8 Å². The maximum atomic E-state index is 13.0. The Morgan fingerprint density at radius 1 is 1.00 bits per heavy atom. The lowest BCUT2D eigenvalue weighted by Crippen LogP contribution is -2.30. The molecule has 0 bridgehead atoms. The minimum Gasteiger partial charge on any atom is -0.350 e. The second-order valence-electron chi connectivity index (χ2n) is 8.24. The molecular weight excluding hydrogens is 398 g/mol. The molecule has 1 aromatic heterocycles. The van der Waals surface area contributed by atoms with E-state index in [-0.39, 0.29) is 22.8 Å². The molecule has 0 atom stereocenters. The fraction of sp³-hybridized carbons (Fsp3) is 0.348. The Morgan fingerprint density at radius 3 is 2.17 bits per heavy atom. The number of aromatic nitrogens is 1. The van der Waals surface area contributed by atoms with E-state index in [9.17, 15) is 13.2 Å². The predicted molar refractivity (Wildman–Crippen MR) is 121 cm³/mol. The van der Waals surface area contributed by atoms with Crippen LogP contribution in [0.1, 0.15) is 49.7 Å². The van der Waals surface area contributed by atoms with Gasteiger partial charge in [-0.1, -0.05) is 44.2 Å². The van der Waals surface area contributed by atoms with Crippen molar-refractivity contribution in [2.24, 2.45) is 0 Å². The van der Waals surface area contributed by atoms with Crippen molar-refractivity contribution < 1.29 is 13.2 Å². The predicted octanol–water partition coefficient (Wildman–Crippen LogP) is 4.35. The lowest BCUT2D eigenvalue weighted by molar-refractivity contribution is 0.0939. The zero-order valence-corrected chi connectivity index (χ0v) is 19.1. The molecule has 0 radical (unpaired) electrons. The van der Waals surface area contributed by atoms with Gasteiger partial charge in [-0.25, -0.2) is 12.7 Å². The molecule has 0 fully saturated rings. The zero-order valence-electron chi connectivity index (χ0n) is 18.3. The van der Waals surface area contributed by atoms with Crippen LogP contribution < -0.4 is 5.32 Å². The molecule has 2 aromatic carbocycles. The average Bonchev–Trinajstić information content (AvgIpc) is 3.07. The molecule has 30 heavy (non-hydrogen) atoms. The summed E-state index contributed by atoms with van der Waals surface area (Å²) in [6.07, 6.45) is 0. The summed E-state index contributed by atoms with van der Waals surface area (Å²) in [4.78, 5) is 16.5. The van der Waals surface area contributed by atoms with E-state index in [4.69, 9.17) is 0 Å². The smallest absolute Gasteiger partial charge is 0.268 e. The van der Waals surface area contributed by atoms with Gasteiger partial charge in [-0.05, 0) is 43.0 Å². The summed E-state index contributed by atoms with van der Waals surface area (Å²) in [5.74, 6) is 0.102. The summed E-state index contributed by atoms with van der Waals surface area (Å²) in [6.45, 7) is 8.06. The van der Waals surface area contributed by atoms with Crippen molar-refractivity contribution in [1.82, 2.24) is 14.6 Å². The van der Waals surface area contributed by atoms with Gasteiger partial charge >= 0.3 is 0 Å². The Hall–Kier alpha value is -2.64. The number of carbonyl (C=O) groups excluding carboxylic acids is 1. The summed E-state index contributed by atoms with van der Waals surface area (Å²) >= 11 is 0. The van der Waals surface area contributed by atoms with Crippen LogP contribution in [0.5, 0.6) is 0 Å². The maximum absolute atomic E-state index is 13.0. The van der Waals surface area contributed by atoms with Gasteiger partial charge in [0.05, 0.1) is 10.4 Å². The molecule has 0 saturated heterocycles. The van der Waals surface area contributed by atoms with Crippen LogP contribution in [-0.2, 0) is 10.0 Å².